The predicted octanol–water partition coefficient (Wildman–Crippen LogP) is 3.52. The minimum Gasteiger partial charge on any atom is -0.489 e. The number of hydrogen-bond acceptors (Lipinski definition) is 2. The van der Waals surface area contributed by atoms with E-state index in [0.717, 1.165) is 34.4 Å². The van der Waals surface area contributed by atoms with Crippen LogP contribution in [0.4, 0.5) is 0 Å². The van der Waals surface area contributed by atoms with E-state index >= 15 is 0 Å². The fourth-order valence-electron chi connectivity index (χ4n) is 3.70. The molecule has 2 aromatic rings. The normalized spacial score (nSPS) is 22.5. The van der Waals surface area contributed by atoms with Gasteiger partial charge in [0, 0.05) is 5.56 Å². The maximum absolute atomic E-state index is 11.4. The van der Waals surface area contributed by atoms with E-state index < -0.39 is 5.60 Å². The Kier molecular flexibility index (Phi) is 2.54. The predicted molar refractivity (Wildman–Crippen MR) is 83.4 cm³/mol. The lowest BCUT2D eigenvalue weighted by molar-refractivity contribution is 0.0336. The van der Waals surface area contributed by atoms with Gasteiger partial charge in [-0.25, -0.2) is 0 Å². The highest BCUT2D eigenvalue weighted by molar-refractivity contribution is 5.82. The van der Waals surface area contributed by atoms with Gasteiger partial charge in [0.05, 0.1) is 0 Å². The van der Waals surface area contributed by atoms with Crippen LogP contribution in [0.15, 0.2) is 42.5 Å². The van der Waals surface area contributed by atoms with Crippen LogP contribution in [0.3, 0.4) is 0 Å². The summed E-state index contributed by atoms with van der Waals surface area (Å²) in [5.41, 5.74) is 5.62. The average Bonchev–Trinajstić information content (AvgIpc) is 2.50. The highest BCUT2D eigenvalue weighted by atomic mass is 16.5. The SMILES string of the molecule is Cc1ccc(C)c2c1CC=C1c3ccccc3OC[C@@]12O. The Morgan fingerprint density at radius 1 is 1.05 bits per heavy atom. The summed E-state index contributed by atoms with van der Waals surface area (Å²) in [5, 5.41) is 11.4. The van der Waals surface area contributed by atoms with Crippen LogP contribution in [-0.2, 0) is 12.0 Å². The molecule has 0 saturated heterocycles. The number of aryl methyl sites for hydroxylation is 2. The van der Waals surface area contributed by atoms with E-state index in [9.17, 15) is 5.11 Å². The zero-order chi connectivity index (χ0) is 14.6. The third-order valence-electron chi connectivity index (χ3n) is 4.74. The molecule has 4 rings (SSSR count). The Labute approximate surface area is 124 Å². The largest absolute Gasteiger partial charge is 0.489 e. The molecule has 1 N–H and O–H groups in total. The maximum atomic E-state index is 11.4. The first-order valence-corrected chi connectivity index (χ1v) is 7.36. The Hall–Kier alpha value is -2.06. The molecular weight excluding hydrogens is 260 g/mol. The van der Waals surface area contributed by atoms with Gasteiger partial charge in [-0.1, -0.05) is 36.4 Å². The lowest BCUT2D eigenvalue weighted by Gasteiger charge is -2.41. The molecule has 0 bridgehead atoms. The first-order chi connectivity index (χ1) is 10.1. The van der Waals surface area contributed by atoms with Crippen molar-refractivity contribution in [3.63, 3.8) is 0 Å². The van der Waals surface area contributed by atoms with E-state index in [0.29, 0.717) is 0 Å². The second-order valence-electron chi connectivity index (χ2n) is 6.02. The van der Waals surface area contributed by atoms with E-state index in [2.05, 4.69) is 32.1 Å². The molecule has 2 aliphatic rings. The number of benzene rings is 2. The van der Waals surface area contributed by atoms with Gasteiger partial charge in [-0.3, -0.25) is 0 Å². The topological polar surface area (TPSA) is 29.5 Å². The number of ether oxygens (including phenoxy) is 1. The highest BCUT2D eigenvalue weighted by Gasteiger charge is 2.44. The van der Waals surface area contributed by atoms with Crippen molar-refractivity contribution < 1.29 is 9.84 Å². The molecule has 1 atom stereocenters. The smallest absolute Gasteiger partial charge is 0.149 e. The standard InChI is InChI=1S/C19H18O2/c1-12-7-8-13(2)18-14(12)9-10-16-15-5-3-4-6-17(15)21-11-19(16,18)20/h3-8,10,20H,9,11H2,1-2H3/t19-/m1/s1. The summed E-state index contributed by atoms with van der Waals surface area (Å²) in [6.45, 7) is 4.46. The van der Waals surface area contributed by atoms with Gasteiger partial charge in [-0.2, -0.15) is 0 Å². The molecule has 2 nitrogen and oxygen atoms in total. The molecule has 0 radical (unpaired) electrons. The molecule has 0 spiro atoms. The van der Waals surface area contributed by atoms with Crippen LogP contribution < -0.4 is 4.74 Å². The summed E-state index contributed by atoms with van der Waals surface area (Å²) in [4.78, 5) is 0. The van der Waals surface area contributed by atoms with Gasteiger partial charge in [0.15, 0.2) is 0 Å². The molecule has 21 heavy (non-hydrogen) atoms. The van der Waals surface area contributed by atoms with Gasteiger partial charge in [0.25, 0.3) is 0 Å². The summed E-state index contributed by atoms with van der Waals surface area (Å²) in [5.74, 6) is 0.863. The molecular formula is C19H18O2. The number of fused-ring (bicyclic) bond motifs is 5. The van der Waals surface area contributed by atoms with Gasteiger partial charge in [0.1, 0.15) is 18.0 Å². The highest BCUT2D eigenvalue weighted by Crippen LogP contribution is 2.49. The summed E-state index contributed by atoms with van der Waals surface area (Å²) in [6, 6.07) is 12.2. The maximum Gasteiger partial charge on any atom is 0.149 e. The van der Waals surface area contributed by atoms with Crippen molar-refractivity contribution >= 4 is 5.57 Å². The minimum absolute atomic E-state index is 0.285. The second-order valence-corrected chi connectivity index (χ2v) is 6.02. The lowest BCUT2D eigenvalue weighted by atomic mass is 9.72. The van der Waals surface area contributed by atoms with Crippen molar-refractivity contribution in [2.45, 2.75) is 25.9 Å². The summed E-state index contributed by atoms with van der Waals surface area (Å²) in [7, 11) is 0. The summed E-state index contributed by atoms with van der Waals surface area (Å²) in [6.07, 6.45) is 3.03. The van der Waals surface area contributed by atoms with Crippen LogP contribution in [0.25, 0.3) is 5.57 Å². The van der Waals surface area contributed by atoms with Gasteiger partial charge in [-0.05, 0) is 54.2 Å². The molecule has 0 unspecified atom stereocenters. The Balaban J connectivity index is 1.99. The lowest BCUT2D eigenvalue weighted by Crippen LogP contribution is -2.41. The first-order valence-electron chi connectivity index (χ1n) is 7.36. The third-order valence-corrected chi connectivity index (χ3v) is 4.74. The van der Waals surface area contributed by atoms with E-state index in [1.54, 1.807) is 0 Å². The van der Waals surface area contributed by atoms with Crippen molar-refractivity contribution in [2.24, 2.45) is 0 Å². The molecule has 0 amide bonds. The van der Waals surface area contributed by atoms with E-state index in [4.69, 9.17) is 4.74 Å². The van der Waals surface area contributed by atoms with Crippen LogP contribution in [-0.4, -0.2) is 11.7 Å². The van der Waals surface area contributed by atoms with Crippen LogP contribution in [0.5, 0.6) is 5.75 Å². The van der Waals surface area contributed by atoms with E-state index in [1.807, 2.05) is 24.3 Å². The van der Waals surface area contributed by atoms with Crippen molar-refractivity contribution in [1.82, 2.24) is 0 Å². The zero-order valence-electron chi connectivity index (χ0n) is 12.3. The molecule has 0 aromatic heterocycles. The average molecular weight is 278 g/mol. The molecule has 1 aliphatic carbocycles. The van der Waals surface area contributed by atoms with E-state index in [1.165, 1.54) is 11.1 Å². The Morgan fingerprint density at radius 3 is 2.67 bits per heavy atom. The zero-order valence-corrected chi connectivity index (χ0v) is 12.3. The van der Waals surface area contributed by atoms with Crippen molar-refractivity contribution in [1.29, 1.82) is 0 Å². The summed E-state index contributed by atoms with van der Waals surface area (Å²) < 4.78 is 5.86. The molecule has 0 fully saturated rings. The Morgan fingerprint density at radius 2 is 1.81 bits per heavy atom. The Bertz CT molecular complexity index is 773. The number of rotatable bonds is 0. The first kappa shape index (κ1) is 12.7. The van der Waals surface area contributed by atoms with Crippen LogP contribution in [0.1, 0.15) is 27.8 Å². The number of hydrogen-bond donors (Lipinski definition) is 1. The summed E-state index contributed by atoms with van der Waals surface area (Å²) >= 11 is 0. The van der Waals surface area contributed by atoms with Crippen molar-refractivity contribution in [3.05, 3.63) is 70.3 Å². The molecule has 2 heteroatoms. The van der Waals surface area contributed by atoms with Gasteiger partial charge < -0.3 is 9.84 Å². The van der Waals surface area contributed by atoms with Gasteiger partial charge >= 0.3 is 0 Å². The molecule has 2 aromatic carbocycles. The fourth-order valence-corrected chi connectivity index (χ4v) is 3.70. The van der Waals surface area contributed by atoms with Gasteiger partial charge in [0.2, 0.25) is 0 Å². The molecule has 106 valence electrons. The van der Waals surface area contributed by atoms with Gasteiger partial charge in [-0.15, -0.1) is 0 Å². The second kappa shape index (κ2) is 4.22. The minimum atomic E-state index is -1.03. The van der Waals surface area contributed by atoms with Crippen LogP contribution in [0.2, 0.25) is 0 Å². The van der Waals surface area contributed by atoms with E-state index in [-0.39, 0.29) is 6.61 Å². The number of para-hydroxylation sites is 1. The van der Waals surface area contributed by atoms with Crippen molar-refractivity contribution in [2.75, 3.05) is 6.61 Å². The molecule has 1 aliphatic heterocycles. The molecule has 0 saturated carbocycles. The fraction of sp³-hybridized carbons (Fsp3) is 0.263. The number of aliphatic hydroxyl groups is 1. The van der Waals surface area contributed by atoms with Crippen LogP contribution in [0, 0.1) is 13.8 Å². The van der Waals surface area contributed by atoms with Crippen molar-refractivity contribution in [3.8, 4) is 5.75 Å². The van der Waals surface area contributed by atoms with Crippen LogP contribution >= 0.6 is 0 Å². The molecule has 1 heterocycles. The monoisotopic (exact) mass is 278 g/mol. The number of allylic oxidation sites excluding steroid dienone is 1. The third kappa shape index (κ3) is 1.63. The quantitative estimate of drug-likeness (QED) is 0.799.